The van der Waals surface area contributed by atoms with Crippen molar-refractivity contribution in [3.05, 3.63) is 29.6 Å². The van der Waals surface area contributed by atoms with Gasteiger partial charge in [-0.2, -0.15) is 0 Å². The lowest BCUT2D eigenvalue weighted by molar-refractivity contribution is 0.192. The lowest BCUT2D eigenvalue weighted by Crippen LogP contribution is -2.29. The molecule has 1 aromatic rings. The highest BCUT2D eigenvalue weighted by atomic mass is 19.1. The normalized spacial score (nSPS) is 24.1. The van der Waals surface area contributed by atoms with E-state index in [2.05, 4.69) is 19.2 Å². The summed E-state index contributed by atoms with van der Waals surface area (Å²) >= 11 is 0. The van der Waals surface area contributed by atoms with E-state index >= 15 is 0 Å². The summed E-state index contributed by atoms with van der Waals surface area (Å²) in [6.45, 7) is 4.64. The van der Waals surface area contributed by atoms with Crippen LogP contribution in [0.3, 0.4) is 0 Å². The zero-order valence-electron chi connectivity index (χ0n) is 13.7. The van der Waals surface area contributed by atoms with Gasteiger partial charge in [-0.05, 0) is 68.2 Å². The van der Waals surface area contributed by atoms with Crippen LogP contribution in [0.4, 0.5) is 4.39 Å². The van der Waals surface area contributed by atoms with Gasteiger partial charge in [0.05, 0.1) is 7.11 Å². The fraction of sp³-hybridized carbons (Fsp3) is 0.667. The van der Waals surface area contributed by atoms with E-state index in [1.54, 1.807) is 12.1 Å². The molecule has 0 heterocycles. The molecular weight excluding hydrogens is 265 g/mol. The maximum absolute atomic E-state index is 13.9. The lowest BCUT2D eigenvalue weighted by atomic mass is 9.73. The molecule has 21 heavy (non-hydrogen) atoms. The molecule has 1 saturated carbocycles. The van der Waals surface area contributed by atoms with Gasteiger partial charge < -0.3 is 10.1 Å². The van der Waals surface area contributed by atoms with Crippen LogP contribution in [-0.4, -0.2) is 14.2 Å². The molecule has 3 heteroatoms. The van der Waals surface area contributed by atoms with Gasteiger partial charge >= 0.3 is 0 Å². The Morgan fingerprint density at radius 2 is 1.76 bits per heavy atom. The summed E-state index contributed by atoms with van der Waals surface area (Å²) < 4.78 is 18.9. The number of benzene rings is 1. The van der Waals surface area contributed by atoms with Crippen molar-refractivity contribution in [1.82, 2.24) is 5.32 Å². The Morgan fingerprint density at radius 3 is 2.24 bits per heavy atom. The average Bonchev–Trinajstić information content (AvgIpc) is 2.49. The van der Waals surface area contributed by atoms with E-state index < -0.39 is 0 Å². The van der Waals surface area contributed by atoms with Crippen LogP contribution in [-0.2, 0) is 0 Å². The van der Waals surface area contributed by atoms with Crippen molar-refractivity contribution < 1.29 is 9.13 Å². The van der Waals surface area contributed by atoms with E-state index in [1.165, 1.54) is 32.8 Å². The van der Waals surface area contributed by atoms with Crippen LogP contribution in [0.2, 0.25) is 0 Å². The summed E-state index contributed by atoms with van der Waals surface area (Å²) in [5.74, 6) is 2.27. The zero-order chi connectivity index (χ0) is 15.4. The fourth-order valence-corrected chi connectivity index (χ4v) is 3.70. The van der Waals surface area contributed by atoms with Crippen LogP contribution in [0.1, 0.15) is 51.1 Å². The SMILES string of the molecule is CNC(c1ccc(OC)c(F)c1)C1CCC(C(C)C)CC1. The number of nitrogens with one attached hydrogen (secondary N) is 1. The summed E-state index contributed by atoms with van der Waals surface area (Å²) in [6.07, 6.45) is 5.03. The Morgan fingerprint density at radius 1 is 1.14 bits per heavy atom. The van der Waals surface area contributed by atoms with Crippen molar-refractivity contribution in [1.29, 1.82) is 0 Å². The molecule has 1 atom stereocenters. The summed E-state index contributed by atoms with van der Waals surface area (Å²) in [7, 11) is 3.47. The second kappa shape index (κ2) is 7.26. The zero-order valence-corrected chi connectivity index (χ0v) is 13.7. The van der Waals surface area contributed by atoms with E-state index in [9.17, 15) is 4.39 Å². The maximum Gasteiger partial charge on any atom is 0.165 e. The number of methoxy groups -OCH3 is 1. The van der Waals surface area contributed by atoms with Crippen LogP contribution in [0.25, 0.3) is 0 Å². The number of hydrogen-bond acceptors (Lipinski definition) is 2. The minimum Gasteiger partial charge on any atom is -0.494 e. The first-order valence-corrected chi connectivity index (χ1v) is 8.07. The van der Waals surface area contributed by atoms with Crippen LogP contribution < -0.4 is 10.1 Å². The molecule has 0 aliphatic heterocycles. The Balaban J connectivity index is 2.08. The third kappa shape index (κ3) is 3.76. The van der Waals surface area contributed by atoms with Crippen molar-refractivity contribution in [3.8, 4) is 5.75 Å². The van der Waals surface area contributed by atoms with Gasteiger partial charge in [0.15, 0.2) is 11.6 Å². The summed E-state index contributed by atoms with van der Waals surface area (Å²) in [5.41, 5.74) is 1.03. The first-order chi connectivity index (χ1) is 10.1. The molecule has 118 valence electrons. The molecule has 1 aliphatic carbocycles. The lowest BCUT2D eigenvalue weighted by Gasteiger charge is -2.35. The maximum atomic E-state index is 13.9. The number of ether oxygens (including phenoxy) is 1. The van der Waals surface area contributed by atoms with Gasteiger partial charge in [0.2, 0.25) is 0 Å². The van der Waals surface area contributed by atoms with Gasteiger partial charge in [-0.1, -0.05) is 19.9 Å². The number of hydrogen-bond donors (Lipinski definition) is 1. The van der Waals surface area contributed by atoms with Crippen molar-refractivity contribution >= 4 is 0 Å². The highest BCUT2D eigenvalue weighted by Crippen LogP contribution is 2.39. The third-order valence-electron chi connectivity index (χ3n) is 5.08. The Labute approximate surface area is 128 Å². The minimum absolute atomic E-state index is 0.235. The molecule has 0 spiro atoms. The minimum atomic E-state index is -0.272. The second-order valence-corrected chi connectivity index (χ2v) is 6.58. The first kappa shape index (κ1) is 16.3. The Bertz CT molecular complexity index is 453. The molecule has 0 amide bonds. The van der Waals surface area contributed by atoms with Gasteiger partial charge in [-0.3, -0.25) is 0 Å². The van der Waals surface area contributed by atoms with Gasteiger partial charge in [0.1, 0.15) is 0 Å². The predicted octanol–water partition coefficient (Wildman–Crippen LogP) is 4.56. The molecular formula is C18H28FNO. The molecule has 0 bridgehead atoms. The number of halogens is 1. The molecule has 2 rings (SSSR count). The Kier molecular flexibility index (Phi) is 5.63. The molecule has 1 unspecified atom stereocenters. The smallest absolute Gasteiger partial charge is 0.165 e. The van der Waals surface area contributed by atoms with Crippen molar-refractivity contribution in [2.45, 2.75) is 45.6 Å². The average molecular weight is 293 g/mol. The monoisotopic (exact) mass is 293 g/mol. The van der Waals surface area contributed by atoms with Gasteiger partial charge in [0.25, 0.3) is 0 Å². The van der Waals surface area contributed by atoms with Crippen LogP contribution in [0, 0.1) is 23.6 Å². The first-order valence-electron chi connectivity index (χ1n) is 8.07. The van der Waals surface area contributed by atoms with Crippen LogP contribution in [0.5, 0.6) is 5.75 Å². The van der Waals surface area contributed by atoms with Gasteiger partial charge in [-0.25, -0.2) is 4.39 Å². The topological polar surface area (TPSA) is 21.3 Å². The van der Waals surface area contributed by atoms with Crippen molar-refractivity contribution in [3.63, 3.8) is 0 Å². The van der Waals surface area contributed by atoms with E-state index in [0.717, 1.165) is 17.4 Å². The van der Waals surface area contributed by atoms with Crippen LogP contribution >= 0.6 is 0 Å². The number of rotatable bonds is 5. The largest absolute Gasteiger partial charge is 0.494 e. The fourth-order valence-electron chi connectivity index (χ4n) is 3.70. The second-order valence-electron chi connectivity index (χ2n) is 6.58. The molecule has 1 aromatic carbocycles. The molecule has 1 aliphatic rings. The quantitative estimate of drug-likeness (QED) is 0.859. The summed E-state index contributed by atoms with van der Waals surface area (Å²) in [4.78, 5) is 0. The highest BCUT2D eigenvalue weighted by Gasteiger charge is 2.29. The third-order valence-corrected chi connectivity index (χ3v) is 5.08. The summed E-state index contributed by atoms with van der Waals surface area (Å²) in [5, 5.41) is 3.39. The molecule has 2 nitrogen and oxygen atoms in total. The summed E-state index contributed by atoms with van der Waals surface area (Å²) in [6, 6.07) is 5.57. The van der Waals surface area contributed by atoms with Crippen molar-refractivity contribution in [2.75, 3.05) is 14.2 Å². The molecule has 0 aromatic heterocycles. The van der Waals surface area contributed by atoms with Crippen LogP contribution in [0.15, 0.2) is 18.2 Å². The Hall–Kier alpha value is -1.09. The van der Waals surface area contributed by atoms with E-state index in [1.807, 2.05) is 13.1 Å². The molecule has 1 N–H and O–H groups in total. The predicted molar refractivity (Wildman–Crippen MR) is 85.0 cm³/mol. The van der Waals surface area contributed by atoms with Gasteiger partial charge in [-0.15, -0.1) is 0 Å². The molecule has 0 radical (unpaired) electrons. The molecule has 1 fully saturated rings. The van der Waals surface area contributed by atoms with E-state index in [-0.39, 0.29) is 11.9 Å². The van der Waals surface area contributed by atoms with E-state index in [0.29, 0.717) is 11.7 Å². The standard InChI is InChI=1S/C18H28FNO/c1-12(2)13-5-7-14(8-6-13)18(20-3)15-9-10-17(21-4)16(19)11-15/h9-14,18,20H,5-8H2,1-4H3. The van der Waals surface area contributed by atoms with Gasteiger partial charge in [0, 0.05) is 6.04 Å². The highest BCUT2D eigenvalue weighted by molar-refractivity contribution is 5.31. The van der Waals surface area contributed by atoms with E-state index in [4.69, 9.17) is 4.74 Å². The molecule has 0 saturated heterocycles. The van der Waals surface area contributed by atoms with Crippen molar-refractivity contribution in [2.24, 2.45) is 17.8 Å².